The normalized spacial score (nSPS) is 20.8. The maximum absolute atomic E-state index is 13.6. The molecule has 1 N–H and O–H groups in total. The Balaban J connectivity index is 2.05. The van der Waals surface area contributed by atoms with E-state index in [1.165, 1.54) is 6.07 Å². The number of likely N-dealkylation sites (tertiary alicyclic amines) is 1. The van der Waals surface area contributed by atoms with Crippen LogP contribution in [0.5, 0.6) is 0 Å². The highest BCUT2D eigenvalue weighted by molar-refractivity contribution is 5.67. The summed E-state index contributed by atoms with van der Waals surface area (Å²) >= 11 is 0. The minimum Gasteiger partial charge on any atom is -0.481 e. The van der Waals surface area contributed by atoms with E-state index in [9.17, 15) is 9.18 Å². The first kappa shape index (κ1) is 13.0. The second-order valence-electron chi connectivity index (χ2n) is 4.81. The van der Waals surface area contributed by atoms with Crippen LogP contribution in [0.4, 0.5) is 4.39 Å². The Bertz CT molecular complexity index is 422. The van der Waals surface area contributed by atoms with Crippen molar-refractivity contribution in [3.63, 3.8) is 0 Å². The summed E-state index contributed by atoms with van der Waals surface area (Å²) in [5.41, 5.74) is 0.648. The number of carboxylic acids is 1. The summed E-state index contributed by atoms with van der Waals surface area (Å²) in [4.78, 5) is 12.9. The van der Waals surface area contributed by atoms with Crippen molar-refractivity contribution in [2.45, 2.75) is 38.3 Å². The van der Waals surface area contributed by atoms with Gasteiger partial charge in [-0.15, -0.1) is 0 Å². The van der Waals surface area contributed by atoms with E-state index in [4.69, 9.17) is 5.11 Å². The summed E-state index contributed by atoms with van der Waals surface area (Å²) in [6, 6.07) is 6.74. The number of benzene rings is 1. The molecule has 1 atom stereocenters. The zero-order valence-electron chi connectivity index (χ0n) is 10.3. The van der Waals surface area contributed by atoms with Crippen molar-refractivity contribution in [2.24, 2.45) is 0 Å². The van der Waals surface area contributed by atoms with Crippen molar-refractivity contribution >= 4 is 5.97 Å². The molecule has 0 radical (unpaired) electrons. The van der Waals surface area contributed by atoms with E-state index in [1.807, 2.05) is 6.07 Å². The minimum absolute atomic E-state index is 0.0378. The van der Waals surface area contributed by atoms with Gasteiger partial charge in [-0.25, -0.2) is 4.39 Å². The van der Waals surface area contributed by atoms with E-state index in [1.54, 1.807) is 12.1 Å². The molecule has 1 fully saturated rings. The number of hydrogen-bond donors (Lipinski definition) is 1. The van der Waals surface area contributed by atoms with Crippen molar-refractivity contribution < 1.29 is 14.3 Å². The SMILES string of the molecule is O=C(O)CC1CCCCN1Cc1ccccc1F. The van der Waals surface area contributed by atoms with Crippen LogP contribution in [0, 0.1) is 5.82 Å². The van der Waals surface area contributed by atoms with Gasteiger partial charge in [0.05, 0.1) is 6.42 Å². The minimum atomic E-state index is -0.777. The molecule has 0 saturated carbocycles. The van der Waals surface area contributed by atoms with Crippen LogP contribution in [-0.2, 0) is 11.3 Å². The molecule has 0 bridgehead atoms. The molecular formula is C14H18FNO2. The molecule has 0 aromatic heterocycles. The smallest absolute Gasteiger partial charge is 0.304 e. The first-order chi connectivity index (χ1) is 8.66. The molecule has 98 valence electrons. The van der Waals surface area contributed by atoms with Crippen LogP contribution in [0.15, 0.2) is 24.3 Å². The Kier molecular flexibility index (Phi) is 4.31. The van der Waals surface area contributed by atoms with Gasteiger partial charge >= 0.3 is 5.97 Å². The lowest BCUT2D eigenvalue weighted by Crippen LogP contribution is -2.40. The number of hydrogen-bond acceptors (Lipinski definition) is 2. The fourth-order valence-electron chi connectivity index (χ4n) is 2.55. The Morgan fingerprint density at radius 2 is 2.17 bits per heavy atom. The monoisotopic (exact) mass is 251 g/mol. The molecule has 1 aromatic carbocycles. The van der Waals surface area contributed by atoms with Crippen LogP contribution < -0.4 is 0 Å². The van der Waals surface area contributed by atoms with Gasteiger partial charge in [0.1, 0.15) is 5.82 Å². The average molecular weight is 251 g/mol. The van der Waals surface area contributed by atoms with Crippen LogP contribution in [0.1, 0.15) is 31.2 Å². The summed E-state index contributed by atoms with van der Waals surface area (Å²) in [6.07, 6.45) is 3.16. The predicted octanol–water partition coefficient (Wildman–Crippen LogP) is 2.65. The third kappa shape index (κ3) is 3.29. The molecule has 0 spiro atoms. The molecule has 1 unspecified atom stereocenters. The highest BCUT2D eigenvalue weighted by Crippen LogP contribution is 2.22. The van der Waals surface area contributed by atoms with Crippen molar-refractivity contribution in [3.05, 3.63) is 35.6 Å². The summed E-state index contributed by atoms with van der Waals surface area (Å²) in [5.74, 6) is -0.988. The molecule has 0 amide bonds. The fraction of sp³-hybridized carbons (Fsp3) is 0.500. The maximum Gasteiger partial charge on any atom is 0.304 e. The van der Waals surface area contributed by atoms with Crippen molar-refractivity contribution in [2.75, 3.05) is 6.54 Å². The Morgan fingerprint density at radius 3 is 2.89 bits per heavy atom. The van der Waals surface area contributed by atoms with E-state index in [-0.39, 0.29) is 18.3 Å². The molecule has 1 aliphatic rings. The van der Waals surface area contributed by atoms with Crippen LogP contribution in [0.25, 0.3) is 0 Å². The van der Waals surface area contributed by atoms with Gasteiger partial charge in [-0.2, -0.15) is 0 Å². The molecule has 2 rings (SSSR count). The zero-order valence-corrected chi connectivity index (χ0v) is 10.3. The van der Waals surface area contributed by atoms with E-state index in [0.29, 0.717) is 12.1 Å². The van der Waals surface area contributed by atoms with Gasteiger partial charge in [0.15, 0.2) is 0 Å². The van der Waals surface area contributed by atoms with Crippen molar-refractivity contribution in [1.82, 2.24) is 4.90 Å². The van der Waals surface area contributed by atoms with Crippen molar-refractivity contribution in [3.8, 4) is 0 Å². The van der Waals surface area contributed by atoms with Crippen LogP contribution in [0.3, 0.4) is 0 Å². The second-order valence-corrected chi connectivity index (χ2v) is 4.81. The quantitative estimate of drug-likeness (QED) is 0.894. The van der Waals surface area contributed by atoms with Gasteiger partial charge in [0.25, 0.3) is 0 Å². The first-order valence-electron chi connectivity index (χ1n) is 6.36. The molecule has 1 aliphatic heterocycles. The highest BCUT2D eigenvalue weighted by atomic mass is 19.1. The fourth-order valence-corrected chi connectivity index (χ4v) is 2.55. The predicted molar refractivity (Wildman–Crippen MR) is 66.7 cm³/mol. The summed E-state index contributed by atoms with van der Waals surface area (Å²) < 4.78 is 13.6. The highest BCUT2D eigenvalue weighted by Gasteiger charge is 2.25. The summed E-state index contributed by atoms with van der Waals surface area (Å²) in [5, 5.41) is 8.90. The van der Waals surface area contributed by atoms with Crippen LogP contribution in [0.2, 0.25) is 0 Å². The molecule has 1 aromatic rings. The number of piperidine rings is 1. The van der Waals surface area contributed by atoms with Gasteiger partial charge in [0, 0.05) is 18.2 Å². The van der Waals surface area contributed by atoms with E-state index in [0.717, 1.165) is 25.8 Å². The van der Waals surface area contributed by atoms with Crippen molar-refractivity contribution in [1.29, 1.82) is 0 Å². The topological polar surface area (TPSA) is 40.5 Å². The zero-order chi connectivity index (χ0) is 13.0. The molecule has 18 heavy (non-hydrogen) atoms. The number of rotatable bonds is 4. The average Bonchev–Trinajstić information content (AvgIpc) is 2.34. The lowest BCUT2D eigenvalue weighted by atomic mass is 9.98. The van der Waals surface area contributed by atoms with E-state index < -0.39 is 5.97 Å². The van der Waals surface area contributed by atoms with Gasteiger partial charge < -0.3 is 5.11 Å². The maximum atomic E-state index is 13.6. The van der Waals surface area contributed by atoms with Crippen LogP contribution >= 0.6 is 0 Å². The molecule has 1 saturated heterocycles. The van der Waals surface area contributed by atoms with Crippen LogP contribution in [-0.4, -0.2) is 28.6 Å². The number of aliphatic carboxylic acids is 1. The third-order valence-electron chi connectivity index (χ3n) is 3.49. The van der Waals surface area contributed by atoms with Gasteiger partial charge in [-0.05, 0) is 25.5 Å². The summed E-state index contributed by atoms with van der Waals surface area (Å²) in [7, 11) is 0. The summed E-state index contributed by atoms with van der Waals surface area (Å²) in [6.45, 7) is 1.36. The number of carbonyl (C=O) groups is 1. The van der Waals surface area contributed by atoms with E-state index in [2.05, 4.69) is 4.90 Å². The number of halogens is 1. The standard InChI is InChI=1S/C14H18FNO2/c15-13-7-2-1-5-11(13)10-16-8-4-3-6-12(16)9-14(17)18/h1-2,5,7,12H,3-4,6,8-10H2,(H,17,18). The molecular weight excluding hydrogens is 233 g/mol. The largest absolute Gasteiger partial charge is 0.481 e. The third-order valence-corrected chi connectivity index (χ3v) is 3.49. The van der Waals surface area contributed by atoms with Gasteiger partial charge in [0.2, 0.25) is 0 Å². The molecule has 1 heterocycles. The Labute approximate surface area is 106 Å². The number of carboxylic acid groups (broad SMARTS) is 1. The van der Waals surface area contributed by atoms with Gasteiger partial charge in [-0.3, -0.25) is 9.69 Å². The van der Waals surface area contributed by atoms with Gasteiger partial charge in [-0.1, -0.05) is 24.6 Å². The molecule has 3 nitrogen and oxygen atoms in total. The lowest BCUT2D eigenvalue weighted by Gasteiger charge is -2.35. The number of nitrogens with zero attached hydrogens (tertiary/aromatic N) is 1. The molecule has 4 heteroatoms. The second kappa shape index (κ2) is 5.96. The van der Waals surface area contributed by atoms with E-state index >= 15 is 0 Å². The Hall–Kier alpha value is -1.42. The Morgan fingerprint density at radius 1 is 1.39 bits per heavy atom. The molecule has 0 aliphatic carbocycles. The lowest BCUT2D eigenvalue weighted by molar-refractivity contribution is -0.138. The first-order valence-corrected chi connectivity index (χ1v) is 6.36.